The molecule has 0 bridgehead atoms. The highest BCUT2D eigenvalue weighted by molar-refractivity contribution is 7.12. The van der Waals surface area contributed by atoms with Crippen molar-refractivity contribution in [1.29, 1.82) is 0 Å². The smallest absolute Gasteiger partial charge is 0.265 e. The van der Waals surface area contributed by atoms with Crippen LogP contribution in [0.4, 0.5) is 15.8 Å². The molecule has 3 rings (SSSR count). The number of nitrogens with one attached hydrogen (secondary N) is 2. The van der Waals surface area contributed by atoms with Gasteiger partial charge in [0.1, 0.15) is 5.82 Å². The van der Waals surface area contributed by atoms with E-state index in [-0.39, 0.29) is 24.1 Å². The van der Waals surface area contributed by atoms with E-state index in [1.54, 1.807) is 42.5 Å². The van der Waals surface area contributed by atoms with Crippen LogP contribution in [0.25, 0.3) is 0 Å². The second-order valence-electron chi connectivity index (χ2n) is 5.37. The molecule has 25 heavy (non-hydrogen) atoms. The minimum Gasteiger partial charge on any atom is -0.326 e. The molecule has 4 nitrogen and oxygen atoms in total. The van der Waals surface area contributed by atoms with Gasteiger partial charge >= 0.3 is 0 Å². The van der Waals surface area contributed by atoms with Gasteiger partial charge in [0.15, 0.2) is 0 Å². The van der Waals surface area contributed by atoms with Gasteiger partial charge in [-0.05, 0) is 47.3 Å². The van der Waals surface area contributed by atoms with Gasteiger partial charge in [-0.3, -0.25) is 9.59 Å². The lowest BCUT2D eigenvalue weighted by molar-refractivity contribution is -0.115. The van der Waals surface area contributed by atoms with Crippen molar-refractivity contribution < 1.29 is 14.0 Å². The van der Waals surface area contributed by atoms with Crippen LogP contribution in [-0.2, 0) is 11.2 Å². The lowest BCUT2D eigenvalue weighted by Crippen LogP contribution is -2.15. The fraction of sp³-hybridized carbons (Fsp3) is 0.0526. The van der Waals surface area contributed by atoms with Crippen LogP contribution in [0.1, 0.15) is 15.2 Å². The van der Waals surface area contributed by atoms with Crippen LogP contribution in [0, 0.1) is 5.82 Å². The van der Waals surface area contributed by atoms with Crippen molar-refractivity contribution in [3.05, 3.63) is 82.3 Å². The number of hydrogen-bond acceptors (Lipinski definition) is 3. The monoisotopic (exact) mass is 354 g/mol. The molecule has 0 fully saturated rings. The van der Waals surface area contributed by atoms with E-state index < -0.39 is 0 Å². The van der Waals surface area contributed by atoms with E-state index in [9.17, 15) is 14.0 Å². The summed E-state index contributed by atoms with van der Waals surface area (Å²) in [5.74, 6) is -0.825. The summed E-state index contributed by atoms with van der Waals surface area (Å²) in [5, 5.41) is 7.37. The zero-order valence-electron chi connectivity index (χ0n) is 13.2. The minimum atomic E-state index is -0.372. The molecule has 0 saturated carbocycles. The number of benzene rings is 2. The van der Waals surface area contributed by atoms with Crippen LogP contribution in [0.5, 0.6) is 0 Å². The van der Waals surface area contributed by atoms with E-state index in [2.05, 4.69) is 10.6 Å². The Bertz CT molecular complexity index is 894. The summed E-state index contributed by atoms with van der Waals surface area (Å²) < 4.78 is 13.2. The first-order valence-electron chi connectivity index (χ1n) is 7.59. The average molecular weight is 354 g/mol. The quantitative estimate of drug-likeness (QED) is 0.717. The van der Waals surface area contributed by atoms with E-state index in [1.165, 1.54) is 23.5 Å². The highest BCUT2D eigenvalue weighted by Crippen LogP contribution is 2.18. The van der Waals surface area contributed by atoms with Crippen LogP contribution in [-0.4, -0.2) is 11.8 Å². The predicted octanol–water partition coefficient (Wildman–Crippen LogP) is 4.32. The standard InChI is InChI=1S/C19H15FN2O2S/c20-14-5-1-4-13(10-14)11-18(23)21-15-6-2-7-16(12-15)22-19(24)17-8-3-9-25-17/h1-10,12H,11H2,(H,21,23)(H,22,24). The molecule has 0 aliphatic heterocycles. The Balaban J connectivity index is 1.63. The van der Waals surface area contributed by atoms with Crippen molar-refractivity contribution in [3.63, 3.8) is 0 Å². The summed E-state index contributed by atoms with van der Waals surface area (Å²) in [7, 11) is 0. The number of carbonyl (C=O) groups excluding carboxylic acids is 2. The Hall–Kier alpha value is -2.99. The molecule has 2 N–H and O–H groups in total. The molecule has 0 spiro atoms. The van der Waals surface area contributed by atoms with Crippen LogP contribution in [0.3, 0.4) is 0 Å². The SMILES string of the molecule is O=C(Cc1cccc(F)c1)Nc1cccc(NC(=O)c2cccs2)c1. The second-order valence-corrected chi connectivity index (χ2v) is 6.31. The maximum absolute atomic E-state index is 13.2. The Labute approximate surface area is 148 Å². The number of anilines is 2. The highest BCUT2D eigenvalue weighted by Gasteiger charge is 2.09. The molecule has 3 aromatic rings. The Morgan fingerprint density at radius 2 is 1.68 bits per heavy atom. The van der Waals surface area contributed by atoms with Gasteiger partial charge in [0, 0.05) is 11.4 Å². The molecule has 6 heteroatoms. The summed E-state index contributed by atoms with van der Waals surface area (Å²) in [5.41, 5.74) is 1.74. The molecule has 0 aliphatic carbocycles. The topological polar surface area (TPSA) is 58.2 Å². The lowest BCUT2D eigenvalue weighted by Gasteiger charge is -2.08. The Morgan fingerprint density at radius 3 is 2.40 bits per heavy atom. The fourth-order valence-electron chi connectivity index (χ4n) is 2.31. The summed E-state index contributed by atoms with van der Waals surface area (Å²) in [4.78, 5) is 24.8. The summed E-state index contributed by atoms with van der Waals surface area (Å²) in [6.07, 6.45) is 0.0730. The summed E-state index contributed by atoms with van der Waals surface area (Å²) >= 11 is 1.36. The molecule has 0 saturated heterocycles. The van der Waals surface area contributed by atoms with E-state index in [1.807, 2.05) is 11.4 Å². The minimum absolute atomic E-state index is 0.0730. The highest BCUT2D eigenvalue weighted by atomic mass is 32.1. The molecule has 1 heterocycles. The Kier molecular flexibility index (Phi) is 5.20. The number of hydrogen-bond donors (Lipinski definition) is 2. The van der Waals surface area contributed by atoms with Crippen molar-refractivity contribution in [1.82, 2.24) is 0 Å². The van der Waals surface area contributed by atoms with E-state index in [0.29, 0.717) is 21.8 Å². The van der Waals surface area contributed by atoms with Gasteiger partial charge in [-0.25, -0.2) is 4.39 Å². The molecule has 0 atom stereocenters. The number of carbonyl (C=O) groups is 2. The number of halogens is 1. The molecule has 1 aromatic heterocycles. The van der Waals surface area contributed by atoms with Crippen molar-refractivity contribution in [2.75, 3.05) is 10.6 Å². The molecular weight excluding hydrogens is 339 g/mol. The van der Waals surface area contributed by atoms with E-state index in [4.69, 9.17) is 0 Å². The maximum atomic E-state index is 13.2. The van der Waals surface area contributed by atoms with Gasteiger partial charge in [0.2, 0.25) is 5.91 Å². The number of amides is 2. The predicted molar refractivity (Wildman–Crippen MR) is 97.4 cm³/mol. The zero-order chi connectivity index (χ0) is 17.6. The van der Waals surface area contributed by atoms with Crippen molar-refractivity contribution in [2.24, 2.45) is 0 Å². The first-order valence-corrected chi connectivity index (χ1v) is 8.47. The van der Waals surface area contributed by atoms with Gasteiger partial charge in [-0.2, -0.15) is 0 Å². The van der Waals surface area contributed by atoms with Gasteiger partial charge < -0.3 is 10.6 Å². The summed E-state index contributed by atoms with van der Waals surface area (Å²) in [6, 6.07) is 16.4. The average Bonchev–Trinajstić information content (AvgIpc) is 3.09. The van der Waals surface area contributed by atoms with E-state index >= 15 is 0 Å². The largest absolute Gasteiger partial charge is 0.326 e. The molecule has 0 radical (unpaired) electrons. The third kappa shape index (κ3) is 4.74. The third-order valence-corrected chi connectivity index (χ3v) is 4.27. The molecular formula is C19H15FN2O2S. The van der Waals surface area contributed by atoms with Crippen LogP contribution in [0.15, 0.2) is 66.0 Å². The van der Waals surface area contributed by atoms with Crippen molar-refractivity contribution in [2.45, 2.75) is 6.42 Å². The van der Waals surface area contributed by atoms with Crippen LogP contribution in [0.2, 0.25) is 0 Å². The Morgan fingerprint density at radius 1 is 0.920 bits per heavy atom. The van der Waals surface area contributed by atoms with Gasteiger partial charge in [-0.15, -0.1) is 11.3 Å². The third-order valence-electron chi connectivity index (χ3n) is 3.40. The summed E-state index contributed by atoms with van der Waals surface area (Å²) in [6.45, 7) is 0. The lowest BCUT2D eigenvalue weighted by atomic mass is 10.1. The maximum Gasteiger partial charge on any atom is 0.265 e. The second kappa shape index (κ2) is 7.72. The molecule has 2 aromatic carbocycles. The van der Waals surface area contributed by atoms with Crippen LogP contribution < -0.4 is 10.6 Å². The van der Waals surface area contributed by atoms with Gasteiger partial charge in [0.25, 0.3) is 5.91 Å². The number of rotatable bonds is 5. The van der Waals surface area contributed by atoms with Gasteiger partial charge in [0.05, 0.1) is 11.3 Å². The molecule has 126 valence electrons. The molecule has 0 unspecified atom stereocenters. The fourth-order valence-corrected chi connectivity index (χ4v) is 2.93. The first kappa shape index (κ1) is 16.9. The normalized spacial score (nSPS) is 10.3. The first-order chi connectivity index (χ1) is 12.1. The molecule has 2 amide bonds. The van der Waals surface area contributed by atoms with Crippen LogP contribution >= 0.6 is 11.3 Å². The number of thiophene rings is 1. The van der Waals surface area contributed by atoms with Gasteiger partial charge in [-0.1, -0.05) is 24.3 Å². The van der Waals surface area contributed by atoms with E-state index in [0.717, 1.165) is 0 Å². The van der Waals surface area contributed by atoms with Crippen molar-refractivity contribution in [3.8, 4) is 0 Å². The molecule has 0 aliphatic rings. The van der Waals surface area contributed by atoms with Crippen molar-refractivity contribution >= 4 is 34.5 Å². The zero-order valence-corrected chi connectivity index (χ0v) is 14.0.